The second-order valence-corrected chi connectivity index (χ2v) is 9.12. The van der Waals surface area contributed by atoms with Crippen LogP contribution in [0.4, 0.5) is 0 Å². The fourth-order valence-corrected chi connectivity index (χ4v) is 4.97. The minimum atomic E-state index is -0.170. The lowest BCUT2D eigenvalue weighted by molar-refractivity contribution is -0.121. The van der Waals surface area contributed by atoms with Crippen LogP contribution in [0.5, 0.6) is 0 Å². The summed E-state index contributed by atoms with van der Waals surface area (Å²) in [6.07, 6.45) is 6.01. The van der Waals surface area contributed by atoms with Crippen molar-refractivity contribution < 1.29 is 4.79 Å². The molecule has 23 heavy (non-hydrogen) atoms. The zero-order valence-corrected chi connectivity index (χ0v) is 15.7. The number of rotatable bonds is 5. The SMILES string of the molecule is CCC(C)(C)NC(=O)C(C)Sc1ncnc2sc3c(c12)CCC3. The number of carbonyl (C=O) groups is 1. The van der Waals surface area contributed by atoms with Crippen molar-refractivity contribution in [3.05, 3.63) is 16.8 Å². The van der Waals surface area contributed by atoms with Crippen molar-refractivity contribution >= 4 is 39.2 Å². The predicted octanol–water partition coefficient (Wildman–Crippen LogP) is 3.97. The standard InChI is InChI=1S/C17H23N3OS2/c1-5-17(3,4)20-14(21)10(2)22-15-13-11-7-6-8-12(11)23-16(13)19-9-18-15/h9-10H,5-8H2,1-4H3,(H,20,21). The molecule has 124 valence electrons. The van der Waals surface area contributed by atoms with E-state index in [1.165, 1.54) is 22.2 Å². The van der Waals surface area contributed by atoms with Crippen molar-refractivity contribution in [2.45, 2.75) is 69.2 Å². The van der Waals surface area contributed by atoms with E-state index in [0.717, 1.165) is 29.1 Å². The van der Waals surface area contributed by atoms with Crippen LogP contribution in [-0.4, -0.2) is 26.7 Å². The van der Waals surface area contributed by atoms with E-state index < -0.39 is 0 Å². The number of nitrogens with zero attached hydrogens (tertiary/aromatic N) is 2. The Balaban J connectivity index is 1.83. The number of aromatic nitrogens is 2. The molecular weight excluding hydrogens is 326 g/mol. The third kappa shape index (κ3) is 3.38. The summed E-state index contributed by atoms with van der Waals surface area (Å²) < 4.78 is 0. The monoisotopic (exact) mass is 349 g/mol. The highest BCUT2D eigenvalue weighted by atomic mass is 32.2. The molecule has 0 spiro atoms. The van der Waals surface area contributed by atoms with Gasteiger partial charge in [-0.1, -0.05) is 18.7 Å². The third-order valence-corrected chi connectivity index (χ3v) is 6.77. The number of amides is 1. The number of nitrogens with one attached hydrogen (secondary N) is 1. The lowest BCUT2D eigenvalue weighted by Crippen LogP contribution is -2.46. The molecule has 0 saturated heterocycles. The summed E-state index contributed by atoms with van der Waals surface area (Å²) in [4.78, 5) is 23.9. The number of hydrogen-bond donors (Lipinski definition) is 1. The van der Waals surface area contributed by atoms with Gasteiger partial charge in [-0.25, -0.2) is 9.97 Å². The minimum absolute atomic E-state index is 0.0699. The largest absolute Gasteiger partial charge is 0.350 e. The maximum atomic E-state index is 12.5. The second kappa shape index (κ2) is 6.40. The predicted molar refractivity (Wildman–Crippen MR) is 97.3 cm³/mol. The molecule has 0 aromatic carbocycles. The summed E-state index contributed by atoms with van der Waals surface area (Å²) in [5.74, 6) is 0.0699. The molecular formula is C17H23N3OS2. The first-order chi connectivity index (χ1) is 10.9. The van der Waals surface area contributed by atoms with Gasteiger partial charge >= 0.3 is 0 Å². The van der Waals surface area contributed by atoms with Crippen LogP contribution in [0.1, 0.15) is 51.0 Å². The van der Waals surface area contributed by atoms with Crippen LogP contribution in [0.15, 0.2) is 11.4 Å². The van der Waals surface area contributed by atoms with Gasteiger partial charge in [0.2, 0.25) is 5.91 Å². The van der Waals surface area contributed by atoms with Gasteiger partial charge in [-0.05, 0) is 52.0 Å². The first-order valence-electron chi connectivity index (χ1n) is 8.15. The number of aryl methyl sites for hydroxylation is 2. The maximum Gasteiger partial charge on any atom is 0.233 e. The topological polar surface area (TPSA) is 54.9 Å². The smallest absolute Gasteiger partial charge is 0.233 e. The van der Waals surface area contributed by atoms with E-state index in [-0.39, 0.29) is 16.7 Å². The second-order valence-electron chi connectivity index (χ2n) is 6.70. The van der Waals surface area contributed by atoms with Crippen LogP contribution in [0.2, 0.25) is 0 Å². The van der Waals surface area contributed by atoms with Gasteiger partial charge in [0.1, 0.15) is 16.2 Å². The molecule has 0 bridgehead atoms. The fourth-order valence-electron chi connectivity index (χ4n) is 2.73. The molecule has 4 nitrogen and oxygen atoms in total. The first kappa shape index (κ1) is 16.7. The van der Waals surface area contributed by atoms with Crippen molar-refractivity contribution in [2.24, 2.45) is 0 Å². The molecule has 6 heteroatoms. The van der Waals surface area contributed by atoms with E-state index in [1.54, 1.807) is 29.4 Å². The molecule has 2 aromatic rings. The van der Waals surface area contributed by atoms with Crippen LogP contribution >= 0.6 is 23.1 Å². The normalized spacial score (nSPS) is 15.7. The van der Waals surface area contributed by atoms with E-state index in [4.69, 9.17) is 0 Å². The number of thioether (sulfide) groups is 1. The zero-order chi connectivity index (χ0) is 16.6. The lowest BCUT2D eigenvalue weighted by Gasteiger charge is -2.26. The molecule has 1 aliphatic rings. The Hall–Kier alpha value is -1.14. The van der Waals surface area contributed by atoms with Crippen LogP contribution in [0.3, 0.4) is 0 Å². The average Bonchev–Trinajstić information content (AvgIpc) is 3.07. The van der Waals surface area contributed by atoms with Gasteiger partial charge in [0.05, 0.1) is 5.25 Å². The number of hydrogen-bond acceptors (Lipinski definition) is 5. The Morgan fingerprint density at radius 1 is 1.43 bits per heavy atom. The quantitative estimate of drug-likeness (QED) is 0.655. The van der Waals surface area contributed by atoms with E-state index in [0.29, 0.717) is 0 Å². The molecule has 0 aliphatic heterocycles. The molecule has 2 aromatic heterocycles. The van der Waals surface area contributed by atoms with Crippen molar-refractivity contribution in [3.63, 3.8) is 0 Å². The molecule has 0 fully saturated rings. The van der Waals surface area contributed by atoms with Gasteiger partial charge in [-0.3, -0.25) is 4.79 Å². The molecule has 1 amide bonds. The fraction of sp³-hybridized carbons (Fsp3) is 0.588. The maximum absolute atomic E-state index is 12.5. The van der Waals surface area contributed by atoms with Gasteiger partial charge in [0.15, 0.2) is 0 Å². The van der Waals surface area contributed by atoms with E-state index in [1.807, 2.05) is 6.92 Å². The van der Waals surface area contributed by atoms with Crippen LogP contribution in [-0.2, 0) is 17.6 Å². The van der Waals surface area contributed by atoms with Gasteiger partial charge < -0.3 is 5.32 Å². The summed E-state index contributed by atoms with van der Waals surface area (Å²) in [5, 5.41) is 5.08. The number of carbonyl (C=O) groups excluding carboxylic acids is 1. The zero-order valence-electron chi connectivity index (χ0n) is 14.1. The van der Waals surface area contributed by atoms with Crippen LogP contribution in [0, 0.1) is 0 Å². The summed E-state index contributed by atoms with van der Waals surface area (Å²) in [7, 11) is 0. The van der Waals surface area contributed by atoms with E-state index in [2.05, 4.69) is 36.1 Å². The Labute approximate surface area is 145 Å². The summed E-state index contributed by atoms with van der Waals surface area (Å²) in [6.45, 7) is 8.14. The molecule has 1 aliphatic carbocycles. The number of fused-ring (bicyclic) bond motifs is 3. The van der Waals surface area contributed by atoms with Crippen molar-refractivity contribution in [1.82, 2.24) is 15.3 Å². The van der Waals surface area contributed by atoms with E-state index in [9.17, 15) is 4.79 Å². The van der Waals surface area contributed by atoms with Gasteiger partial charge in [0.25, 0.3) is 0 Å². The van der Waals surface area contributed by atoms with Crippen LogP contribution in [0.25, 0.3) is 10.2 Å². The molecule has 1 unspecified atom stereocenters. The van der Waals surface area contributed by atoms with Crippen LogP contribution < -0.4 is 5.32 Å². The van der Waals surface area contributed by atoms with Crippen molar-refractivity contribution in [2.75, 3.05) is 0 Å². The van der Waals surface area contributed by atoms with Crippen molar-refractivity contribution in [3.8, 4) is 0 Å². The minimum Gasteiger partial charge on any atom is -0.350 e. The molecule has 3 rings (SSSR count). The molecule has 1 N–H and O–H groups in total. The lowest BCUT2D eigenvalue weighted by atomic mass is 10.0. The number of thiophene rings is 1. The first-order valence-corrected chi connectivity index (χ1v) is 9.85. The third-order valence-electron chi connectivity index (χ3n) is 4.47. The highest BCUT2D eigenvalue weighted by Crippen LogP contribution is 2.40. The Bertz CT molecular complexity index is 739. The van der Waals surface area contributed by atoms with E-state index >= 15 is 0 Å². The van der Waals surface area contributed by atoms with Gasteiger partial charge in [-0.15, -0.1) is 11.3 Å². The molecule has 0 radical (unpaired) electrons. The Morgan fingerprint density at radius 3 is 2.96 bits per heavy atom. The summed E-state index contributed by atoms with van der Waals surface area (Å²) in [5.41, 5.74) is 1.24. The molecule has 1 atom stereocenters. The molecule has 2 heterocycles. The Morgan fingerprint density at radius 2 is 2.22 bits per heavy atom. The molecule has 0 saturated carbocycles. The highest BCUT2D eigenvalue weighted by Gasteiger charge is 2.26. The average molecular weight is 350 g/mol. The summed E-state index contributed by atoms with van der Waals surface area (Å²) >= 11 is 3.33. The van der Waals surface area contributed by atoms with Gasteiger partial charge in [-0.2, -0.15) is 0 Å². The highest BCUT2D eigenvalue weighted by molar-refractivity contribution is 8.00. The summed E-state index contributed by atoms with van der Waals surface area (Å²) in [6, 6.07) is 0. The van der Waals surface area contributed by atoms with Crippen molar-refractivity contribution in [1.29, 1.82) is 0 Å². The Kier molecular flexibility index (Phi) is 4.65. The van der Waals surface area contributed by atoms with Gasteiger partial charge in [0, 0.05) is 15.8 Å².